The van der Waals surface area contributed by atoms with Crippen molar-refractivity contribution in [2.75, 3.05) is 20.2 Å². The Labute approximate surface area is 320 Å². The first kappa shape index (κ1) is 37.6. The maximum atomic E-state index is 13.7. The Balaban J connectivity index is 0.984. The third-order valence-electron chi connectivity index (χ3n) is 11.7. The van der Waals surface area contributed by atoms with Gasteiger partial charge in [-0.3, -0.25) is 9.59 Å². The van der Waals surface area contributed by atoms with Crippen LogP contribution in [0.2, 0.25) is 0 Å². The Morgan fingerprint density at radius 3 is 1.82 bits per heavy atom. The van der Waals surface area contributed by atoms with Crippen molar-refractivity contribution in [2.45, 2.75) is 89.4 Å². The second kappa shape index (κ2) is 15.6. The molecule has 55 heavy (non-hydrogen) atoms. The van der Waals surface area contributed by atoms with E-state index in [-0.39, 0.29) is 41.8 Å². The second-order valence-electron chi connectivity index (χ2n) is 15.4. The van der Waals surface area contributed by atoms with E-state index in [1.807, 2.05) is 37.1 Å². The molecule has 0 unspecified atom stereocenters. The predicted octanol–water partition coefficient (Wildman–Crippen LogP) is 6.50. The van der Waals surface area contributed by atoms with E-state index in [1.165, 1.54) is 7.11 Å². The number of likely N-dealkylation sites (tertiary alicyclic amines) is 2. The van der Waals surface area contributed by atoms with Gasteiger partial charge in [-0.2, -0.15) is 0 Å². The number of hydrogen-bond donors (Lipinski definition) is 4. The van der Waals surface area contributed by atoms with Crippen LogP contribution in [0.5, 0.6) is 0 Å². The zero-order chi connectivity index (χ0) is 38.9. The number of ether oxygens (including phenoxy) is 2. The van der Waals surface area contributed by atoms with Gasteiger partial charge in [-0.15, -0.1) is 0 Å². The van der Waals surface area contributed by atoms with Crippen LogP contribution >= 0.6 is 0 Å². The molecule has 14 nitrogen and oxygen atoms in total. The van der Waals surface area contributed by atoms with Crippen LogP contribution in [-0.2, 0) is 19.1 Å². The highest BCUT2D eigenvalue weighted by molar-refractivity contribution is 5.88. The van der Waals surface area contributed by atoms with Gasteiger partial charge in [0.2, 0.25) is 5.91 Å². The Bertz CT molecular complexity index is 2020. The minimum atomic E-state index is -1.37. The van der Waals surface area contributed by atoms with Crippen LogP contribution in [0.25, 0.3) is 33.6 Å². The zero-order valence-electron chi connectivity index (χ0n) is 31.8. The lowest BCUT2D eigenvalue weighted by Crippen LogP contribution is -2.53. The third-order valence-corrected chi connectivity index (χ3v) is 11.7. The quantitative estimate of drug-likeness (QED) is 0.141. The highest BCUT2D eigenvalue weighted by Crippen LogP contribution is 2.38. The summed E-state index contributed by atoms with van der Waals surface area (Å²) in [4.78, 5) is 70.5. The van der Waals surface area contributed by atoms with E-state index >= 15 is 0 Å². The zero-order valence-corrected chi connectivity index (χ0v) is 31.8. The molecule has 290 valence electrons. The average molecular weight is 751 g/mol. The number of nitrogens with zero attached hydrogens (tertiary/aromatic N) is 4. The number of imidazole rings is 2. The molecule has 3 fully saturated rings. The number of alkyl carbamates (subject to hydrolysis) is 1. The van der Waals surface area contributed by atoms with Crippen molar-refractivity contribution < 1.29 is 28.7 Å². The standard InChI is InChI=1S/C41H50N8O6/c1-24(2)41(3,55-39(42)52)38(51)49-20-6-8-34(49)36-44-23-32(47-36)28-15-11-26(12-16-28)25-9-13-27(14-10-25)31-22-43-35(46-31)33-7-5-19-48(33)37(50)29-17-18-30(21-29)45-40(53)54-4/h9-16,22-24,29-30,33-34H,5-8,17-21H2,1-4H3,(H2,42,52)(H,43,46)(H,44,47)(H,45,53)/t29-,30+,33+,34+,41+/m1/s1. The maximum Gasteiger partial charge on any atom is 0.407 e. The molecule has 14 heteroatoms. The van der Waals surface area contributed by atoms with Crippen LogP contribution in [0.4, 0.5) is 9.59 Å². The van der Waals surface area contributed by atoms with Gasteiger partial charge in [0.05, 0.1) is 43.0 Å². The maximum absolute atomic E-state index is 13.7. The van der Waals surface area contributed by atoms with Gasteiger partial charge in [0.1, 0.15) is 11.6 Å². The number of hydrogen-bond acceptors (Lipinski definition) is 8. The van der Waals surface area contributed by atoms with Gasteiger partial charge in [-0.05, 0) is 74.1 Å². The van der Waals surface area contributed by atoms with Gasteiger partial charge in [0.25, 0.3) is 5.91 Å². The Kier molecular flexibility index (Phi) is 10.7. The smallest absolute Gasteiger partial charge is 0.407 e. The Morgan fingerprint density at radius 1 is 0.800 bits per heavy atom. The van der Waals surface area contributed by atoms with Crippen molar-refractivity contribution in [3.63, 3.8) is 0 Å². The van der Waals surface area contributed by atoms with Gasteiger partial charge in [0, 0.05) is 31.0 Å². The van der Waals surface area contributed by atoms with Gasteiger partial charge in [0.15, 0.2) is 5.60 Å². The first-order valence-corrected chi connectivity index (χ1v) is 19.2. The minimum Gasteiger partial charge on any atom is -0.453 e. The number of benzene rings is 2. The van der Waals surface area contributed by atoms with E-state index < -0.39 is 17.8 Å². The molecule has 7 rings (SSSR count). The second-order valence-corrected chi connectivity index (χ2v) is 15.4. The Hall–Kier alpha value is -5.66. The van der Waals surface area contributed by atoms with Crippen LogP contribution in [0.1, 0.15) is 89.4 Å². The number of H-pyrrole nitrogens is 2. The fourth-order valence-corrected chi connectivity index (χ4v) is 8.30. The van der Waals surface area contributed by atoms with Crippen LogP contribution in [0.15, 0.2) is 60.9 Å². The number of aromatic amines is 2. The molecule has 1 saturated carbocycles. The molecule has 5 atom stereocenters. The van der Waals surface area contributed by atoms with Crippen LogP contribution in [-0.4, -0.2) is 85.6 Å². The summed E-state index contributed by atoms with van der Waals surface area (Å²) < 4.78 is 10.1. The molecule has 2 aromatic heterocycles. The molecular weight excluding hydrogens is 701 g/mol. The SMILES string of the molecule is COC(=O)N[C@H]1CC[C@@H](C(=O)N2CCC[C@H]2c2ncc(-c3ccc(-c4ccc(-c5cnc([C@@H]6CCCN6C(=O)[C@@](C)(OC(N)=O)C(C)C)[nH]5)cc4)cc3)[nH]2)C1. The molecule has 2 saturated heterocycles. The fraction of sp³-hybridized carbons (Fsp3) is 0.463. The van der Waals surface area contributed by atoms with Crippen LogP contribution in [0, 0.1) is 11.8 Å². The highest BCUT2D eigenvalue weighted by atomic mass is 16.6. The first-order chi connectivity index (χ1) is 26.4. The summed E-state index contributed by atoms with van der Waals surface area (Å²) in [5, 5.41) is 2.84. The van der Waals surface area contributed by atoms with Crippen molar-refractivity contribution in [3.05, 3.63) is 72.6 Å². The van der Waals surface area contributed by atoms with Gasteiger partial charge in [-0.25, -0.2) is 19.6 Å². The normalized spacial score (nSPS) is 22.1. The summed E-state index contributed by atoms with van der Waals surface area (Å²) in [5.74, 6) is 0.962. The first-order valence-electron chi connectivity index (χ1n) is 19.2. The summed E-state index contributed by atoms with van der Waals surface area (Å²) in [6.45, 7) is 6.53. The van der Waals surface area contributed by atoms with Crippen molar-refractivity contribution in [1.29, 1.82) is 0 Å². The van der Waals surface area contributed by atoms with E-state index in [0.717, 1.165) is 78.0 Å². The number of methoxy groups -OCH3 is 1. The van der Waals surface area contributed by atoms with Crippen LogP contribution < -0.4 is 11.1 Å². The third kappa shape index (κ3) is 7.67. The van der Waals surface area contributed by atoms with E-state index in [1.54, 1.807) is 18.0 Å². The average Bonchev–Trinajstić information content (AvgIpc) is 4.03. The highest BCUT2D eigenvalue weighted by Gasteiger charge is 2.47. The monoisotopic (exact) mass is 750 g/mol. The summed E-state index contributed by atoms with van der Waals surface area (Å²) in [6.07, 6.45) is 7.67. The van der Waals surface area contributed by atoms with E-state index in [2.05, 4.69) is 56.7 Å². The summed E-state index contributed by atoms with van der Waals surface area (Å²) >= 11 is 0. The summed E-state index contributed by atoms with van der Waals surface area (Å²) in [5.41, 5.74) is 9.80. The van der Waals surface area contributed by atoms with E-state index in [0.29, 0.717) is 25.3 Å². The molecule has 0 bridgehead atoms. The lowest BCUT2D eigenvalue weighted by Gasteiger charge is -2.36. The molecule has 4 heterocycles. The van der Waals surface area contributed by atoms with Crippen LogP contribution in [0.3, 0.4) is 0 Å². The Morgan fingerprint density at radius 2 is 1.31 bits per heavy atom. The predicted molar refractivity (Wildman–Crippen MR) is 205 cm³/mol. The van der Waals surface area contributed by atoms with Crippen molar-refractivity contribution >= 4 is 24.0 Å². The number of carbonyl (C=O) groups excluding carboxylic acids is 4. The van der Waals surface area contributed by atoms with E-state index in [9.17, 15) is 19.2 Å². The number of nitrogens with one attached hydrogen (secondary N) is 3. The molecule has 2 aliphatic heterocycles. The molecule has 3 aliphatic rings. The van der Waals surface area contributed by atoms with Gasteiger partial charge >= 0.3 is 12.2 Å². The molecule has 2 aromatic carbocycles. The topological polar surface area (TPSA) is 189 Å². The lowest BCUT2D eigenvalue weighted by molar-refractivity contribution is -0.155. The minimum absolute atomic E-state index is 0.0443. The summed E-state index contributed by atoms with van der Waals surface area (Å²) in [7, 11) is 1.35. The van der Waals surface area contributed by atoms with Crippen molar-refractivity contribution in [1.82, 2.24) is 35.1 Å². The number of aromatic nitrogens is 4. The molecular formula is C41H50N8O6. The number of amides is 4. The molecule has 0 radical (unpaired) electrons. The van der Waals surface area contributed by atoms with Crippen molar-refractivity contribution in [3.8, 4) is 33.6 Å². The lowest BCUT2D eigenvalue weighted by atomic mass is 9.90. The number of carbonyl (C=O) groups is 4. The number of nitrogens with two attached hydrogens (primary N) is 1. The number of primary amides is 1. The van der Waals surface area contributed by atoms with E-state index in [4.69, 9.17) is 20.2 Å². The largest absolute Gasteiger partial charge is 0.453 e. The van der Waals surface area contributed by atoms with Gasteiger partial charge < -0.3 is 40.3 Å². The molecule has 4 aromatic rings. The molecule has 1 aliphatic carbocycles. The molecule has 5 N–H and O–H groups in total. The van der Waals surface area contributed by atoms with Gasteiger partial charge in [-0.1, -0.05) is 62.4 Å². The van der Waals surface area contributed by atoms with Crippen molar-refractivity contribution in [2.24, 2.45) is 17.6 Å². The molecule has 4 amide bonds. The summed E-state index contributed by atoms with van der Waals surface area (Å²) in [6, 6.07) is 16.1. The molecule has 0 spiro atoms. The number of rotatable bonds is 10. The fourth-order valence-electron chi connectivity index (χ4n) is 8.30.